The SMILES string of the molecule is C=C(C)C(=O)OCN1C(=O)C(C)=C(C)C1=O. The summed E-state index contributed by atoms with van der Waals surface area (Å²) in [6.07, 6.45) is 0. The zero-order valence-corrected chi connectivity index (χ0v) is 9.49. The second kappa shape index (κ2) is 4.30. The molecule has 16 heavy (non-hydrogen) atoms. The molecule has 0 fully saturated rings. The van der Waals surface area contributed by atoms with Gasteiger partial charge in [-0.1, -0.05) is 6.58 Å². The number of imide groups is 1. The highest BCUT2D eigenvalue weighted by molar-refractivity contribution is 6.18. The molecule has 86 valence electrons. The first-order chi connectivity index (χ1) is 7.36. The summed E-state index contributed by atoms with van der Waals surface area (Å²) >= 11 is 0. The Morgan fingerprint density at radius 1 is 1.25 bits per heavy atom. The Labute approximate surface area is 93.4 Å². The van der Waals surface area contributed by atoms with Gasteiger partial charge in [0.2, 0.25) is 0 Å². The third kappa shape index (κ3) is 2.03. The standard InChI is InChI=1S/C11H13NO4/c1-6(2)11(15)16-5-12-9(13)7(3)8(4)10(12)14/h1,5H2,2-4H3. The highest BCUT2D eigenvalue weighted by Gasteiger charge is 2.33. The second-order valence-electron chi connectivity index (χ2n) is 3.63. The summed E-state index contributed by atoms with van der Waals surface area (Å²) in [5, 5.41) is 0. The molecule has 1 heterocycles. The molecule has 0 spiro atoms. The molecule has 0 saturated carbocycles. The number of hydrogen-bond acceptors (Lipinski definition) is 4. The molecule has 1 aliphatic heterocycles. The maximum absolute atomic E-state index is 11.5. The van der Waals surface area contributed by atoms with Crippen LogP contribution in [0.5, 0.6) is 0 Å². The maximum atomic E-state index is 11.5. The Balaban J connectivity index is 2.66. The molecular weight excluding hydrogens is 210 g/mol. The van der Waals surface area contributed by atoms with E-state index in [2.05, 4.69) is 6.58 Å². The number of ether oxygens (including phenoxy) is 1. The number of hydrogen-bond donors (Lipinski definition) is 0. The minimum absolute atomic E-state index is 0.223. The Morgan fingerprint density at radius 2 is 1.69 bits per heavy atom. The predicted octanol–water partition coefficient (Wildman–Crippen LogP) is 0.768. The molecule has 0 unspecified atom stereocenters. The first kappa shape index (κ1) is 12.2. The van der Waals surface area contributed by atoms with E-state index in [4.69, 9.17) is 4.74 Å². The van der Waals surface area contributed by atoms with E-state index in [-0.39, 0.29) is 12.3 Å². The summed E-state index contributed by atoms with van der Waals surface area (Å²) in [6, 6.07) is 0. The van der Waals surface area contributed by atoms with Gasteiger partial charge in [-0.15, -0.1) is 0 Å². The van der Waals surface area contributed by atoms with E-state index in [1.54, 1.807) is 13.8 Å². The molecule has 0 aromatic heterocycles. The number of rotatable bonds is 3. The van der Waals surface area contributed by atoms with Crippen molar-refractivity contribution in [2.24, 2.45) is 0 Å². The molecule has 5 nitrogen and oxygen atoms in total. The van der Waals surface area contributed by atoms with Gasteiger partial charge in [0.25, 0.3) is 11.8 Å². The molecule has 0 aliphatic carbocycles. The molecule has 2 amide bonds. The third-order valence-electron chi connectivity index (χ3n) is 2.37. The van der Waals surface area contributed by atoms with E-state index in [9.17, 15) is 14.4 Å². The summed E-state index contributed by atoms with van der Waals surface area (Å²) in [5.74, 6) is -1.46. The molecule has 5 heteroatoms. The van der Waals surface area contributed by atoms with Gasteiger partial charge < -0.3 is 4.74 Å². The molecule has 0 bridgehead atoms. The normalized spacial score (nSPS) is 15.8. The van der Waals surface area contributed by atoms with Crippen molar-refractivity contribution in [3.63, 3.8) is 0 Å². The summed E-state index contributed by atoms with van der Waals surface area (Å²) in [6.45, 7) is 7.65. The van der Waals surface area contributed by atoms with Crippen LogP contribution in [-0.2, 0) is 19.1 Å². The maximum Gasteiger partial charge on any atom is 0.334 e. The molecular formula is C11H13NO4. The number of amides is 2. The average Bonchev–Trinajstić information content (AvgIpc) is 2.41. The van der Waals surface area contributed by atoms with Gasteiger partial charge in [-0.3, -0.25) is 9.59 Å². The molecule has 0 atom stereocenters. The van der Waals surface area contributed by atoms with E-state index < -0.39 is 17.8 Å². The van der Waals surface area contributed by atoms with Crippen molar-refractivity contribution in [2.75, 3.05) is 6.73 Å². The van der Waals surface area contributed by atoms with Crippen molar-refractivity contribution in [2.45, 2.75) is 20.8 Å². The fraction of sp³-hybridized carbons (Fsp3) is 0.364. The van der Waals surface area contributed by atoms with Crippen LogP contribution >= 0.6 is 0 Å². The average molecular weight is 223 g/mol. The summed E-state index contributed by atoms with van der Waals surface area (Å²) in [7, 11) is 0. The van der Waals surface area contributed by atoms with Crippen molar-refractivity contribution in [1.82, 2.24) is 4.90 Å². The summed E-state index contributed by atoms with van der Waals surface area (Å²) in [5.41, 5.74) is 0.994. The van der Waals surface area contributed by atoms with Crippen molar-refractivity contribution in [1.29, 1.82) is 0 Å². The topological polar surface area (TPSA) is 63.7 Å². The van der Waals surface area contributed by atoms with Gasteiger partial charge in [0.1, 0.15) is 0 Å². The lowest BCUT2D eigenvalue weighted by Gasteiger charge is -2.14. The van der Waals surface area contributed by atoms with Crippen molar-refractivity contribution < 1.29 is 19.1 Å². The van der Waals surface area contributed by atoms with Gasteiger partial charge in [-0.05, 0) is 20.8 Å². The Morgan fingerprint density at radius 3 is 2.06 bits per heavy atom. The Kier molecular flexibility index (Phi) is 3.27. The van der Waals surface area contributed by atoms with E-state index in [1.165, 1.54) is 6.92 Å². The molecule has 0 aromatic rings. The zero-order chi connectivity index (χ0) is 12.5. The monoisotopic (exact) mass is 223 g/mol. The van der Waals surface area contributed by atoms with Crippen LogP contribution < -0.4 is 0 Å². The van der Waals surface area contributed by atoms with Gasteiger partial charge in [0.05, 0.1) is 0 Å². The largest absolute Gasteiger partial charge is 0.440 e. The Bertz CT molecular complexity index is 396. The fourth-order valence-electron chi connectivity index (χ4n) is 1.18. The van der Waals surface area contributed by atoms with Crippen LogP contribution in [0.3, 0.4) is 0 Å². The van der Waals surface area contributed by atoms with Gasteiger partial charge >= 0.3 is 5.97 Å². The number of carbonyl (C=O) groups excluding carboxylic acids is 3. The van der Waals surface area contributed by atoms with Crippen LogP contribution in [0.1, 0.15) is 20.8 Å². The molecule has 0 N–H and O–H groups in total. The minimum atomic E-state index is -0.622. The van der Waals surface area contributed by atoms with Gasteiger partial charge in [-0.25, -0.2) is 9.69 Å². The number of nitrogens with zero attached hydrogens (tertiary/aromatic N) is 1. The van der Waals surface area contributed by atoms with Crippen LogP contribution in [0.4, 0.5) is 0 Å². The van der Waals surface area contributed by atoms with E-state index >= 15 is 0 Å². The van der Waals surface area contributed by atoms with Gasteiger partial charge in [0.15, 0.2) is 6.73 Å². The van der Waals surface area contributed by atoms with Gasteiger partial charge in [-0.2, -0.15) is 0 Å². The van der Waals surface area contributed by atoms with E-state index in [0.29, 0.717) is 11.1 Å². The minimum Gasteiger partial charge on any atom is -0.440 e. The quantitative estimate of drug-likeness (QED) is 0.402. The first-order valence-electron chi connectivity index (χ1n) is 4.72. The lowest BCUT2D eigenvalue weighted by Crippen LogP contribution is -2.34. The van der Waals surface area contributed by atoms with Crippen LogP contribution in [-0.4, -0.2) is 29.4 Å². The molecule has 1 rings (SSSR count). The molecule has 0 saturated heterocycles. The highest BCUT2D eigenvalue weighted by Crippen LogP contribution is 2.19. The van der Waals surface area contributed by atoms with Crippen molar-refractivity contribution in [3.8, 4) is 0 Å². The predicted molar refractivity (Wildman–Crippen MR) is 56.0 cm³/mol. The van der Waals surface area contributed by atoms with Crippen molar-refractivity contribution in [3.05, 3.63) is 23.3 Å². The van der Waals surface area contributed by atoms with E-state index in [1.807, 2.05) is 0 Å². The van der Waals surface area contributed by atoms with Crippen molar-refractivity contribution >= 4 is 17.8 Å². The highest BCUT2D eigenvalue weighted by atomic mass is 16.5. The lowest BCUT2D eigenvalue weighted by molar-refractivity contribution is -0.152. The summed E-state index contributed by atoms with van der Waals surface area (Å²) in [4.78, 5) is 35.1. The summed E-state index contributed by atoms with van der Waals surface area (Å²) < 4.78 is 4.74. The van der Waals surface area contributed by atoms with Crippen LogP contribution in [0.2, 0.25) is 0 Å². The second-order valence-corrected chi connectivity index (χ2v) is 3.63. The lowest BCUT2D eigenvalue weighted by atomic mass is 10.2. The molecule has 0 aromatic carbocycles. The van der Waals surface area contributed by atoms with Crippen LogP contribution in [0.25, 0.3) is 0 Å². The third-order valence-corrected chi connectivity index (χ3v) is 2.37. The van der Waals surface area contributed by atoms with Crippen LogP contribution in [0, 0.1) is 0 Å². The number of carbonyl (C=O) groups is 3. The van der Waals surface area contributed by atoms with Gasteiger partial charge in [0, 0.05) is 16.7 Å². The fourth-order valence-corrected chi connectivity index (χ4v) is 1.18. The smallest absolute Gasteiger partial charge is 0.334 e. The molecule has 1 aliphatic rings. The number of esters is 1. The van der Waals surface area contributed by atoms with E-state index in [0.717, 1.165) is 4.90 Å². The molecule has 0 radical (unpaired) electrons. The Hall–Kier alpha value is -1.91. The van der Waals surface area contributed by atoms with Crippen LogP contribution in [0.15, 0.2) is 23.3 Å². The first-order valence-corrected chi connectivity index (χ1v) is 4.72. The zero-order valence-electron chi connectivity index (χ0n) is 9.49.